The van der Waals surface area contributed by atoms with Crippen LogP contribution in [0, 0.1) is 13.8 Å². The molecule has 0 saturated heterocycles. The minimum atomic E-state index is -0.139. The molecule has 3 rings (SSSR count). The summed E-state index contributed by atoms with van der Waals surface area (Å²) in [6.45, 7) is 3.97. The topological polar surface area (TPSA) is 50.9 Å². The van der Waals surface area contributed by atoms with Gasteiger partial charge < -0.3 is 5.11 Å². The third-order valence-corrected chi connectivity index (χ3v) is 3.72. The number of rotatable bonds is 4. The first-order valence-corrected chi connectivity index (χ1v) is 7.54. The second-order valence-electron chi connectivity index (χ2n) is 5.57. The zero-order chi connectivity index (χ0) is 16.2. The smallest absolute Gasteiger partial charge is 0.116 e. The van der Waals surface area contributed by atoms with Crippen LogP contribution in [0.5, 0.6) is 0 Å². The average Bonchev–Trinajstić information content (AvgIpc) is 2.98. The van der Waals surface area contributed by atoms with Gasteiger partial charge in [-0.25, -0.2) is 4.68 Å². The van der Waals surface area contributed by atoms with Crippen LogP contribution in [0.25, 0.3) is 17.8 Å². The van der Waals surface area contributed by atoms with E-state index in [9.17, 15) is 5.11 Å². The highest BCUT2D eigenvalue weighted by Crippen LogP contribution is 2.17. The molecule has 0 radical (unpaired) electrons. The molecule has 1 N–H and O–H groups in total. The second-order valence-corrected chi connectivity index (χ2v) is 5.57. The van der Waals surface area contributed by atoms with Gasteiger partial charge in [0.15, 0.2) is 0 Å². The maximum absolute atomic E-state index is 9.51. The van der Waals surface area contributed by atoms with Gasteiger partial charge in [-0.2, -0.15) is 0 Å². The number of hydrogen-bond acceptors (Lipinski definition) is 3. The fraction of sp³-hybridized carbons (Fsp3) is 0.158. The Hall–Kier alpha value is -2.72. The highest BCUT2D eigenvalue weighted by molar-refractivity contribution is 5.69. The Morgan fingerprint density at radius 1 is 0.913 bits per heavy atom. The molecule has 0 aliphatic carbocycles. The lowest BCUT2D eigenvalue weighted by atomic mass is 10.1. The molecule has 0 fully saturated rings. The largest absolute Gasteiger partial charge is 0.390 e. The van der Waals surface area contributed by atoms with Crippen LogP contribution in [0.2, 0.25) is 0 Å². The first-order chi connectivity index (χ1) is 11.2. The van der Waals surface area contributed by atoms with Gasteiger partial charge in [0.1, 0.15) is 5.69 Å². The standard InChI is InChI=1S/C19H19N3O/c1-14-3-7-16(8-4-14)9-12-19-18(13-23)20-21-22(19)17-10-5-15(2)6-11-17/h3-12,23H,13H2,1-2H3/b12-9+. The fourth-order valence-corrected chi connectivity index (χ4v) is 2.33. The predicted octanol–water partition coefficient (Wildman–Crippen LogP) is 3.55. The van der Waals surface area contributed by atoms with Gasteiger partial charge >= 0.3 is 0 Å². The maximum Gasteiger partial charge on any atom is 0.116 e. The summed E-state index contributed by atoms with van der Waals surface area (Å²) in [5.41, 5.74) is 5.78. The van der Waals surface area contributed by atoms with Crippen molar-refractivity contribution in [1.29, 1.82) is 0 Å². The fourth-order valence-electron chi connectivity index (χ4n) is 2.33. The van der Waals surface area contributed by atoms with E-state index >= 15 is 0 Å². The molecular formula is C19H19N3O. The molecule has 23 heavy (non-hydrogen) atoms. The summed E-state index contributed by atoms with van der Waals surface area (Å²) in [6, 6.07) is 16.3. The van der Waals surface area contributed by atoms with Crippen LogP contribution in [-0.2, 0) is 6.61 Å². The molecule has 0 saturated carbocycles. The van der Waals surface area contributed by atoms with E-state index in [0.717, 1.165) is 16.9 Å². The monoisotopic (exact) mass is 305 g/mol. The quantitative estimate of drug-likeness (QED) is 0.802. The SMILES string of the molecule is Cc1ccc(/C=C/c2c(CO)nnn2-c2ccc(C)cc2)cc1. The van der Waals surface area contributed by atoms with E-state index in [1.807, 2.05) is 43.3 Å². The summed E-state index contributed by atoms with van der Waals surface area (Å²) in [6.07, 6.45) is 3.94. The zero-order valence-electron chi connectivity index (χ0n) is 13.3. The molecule has 0 spiro atoms. The van der Waals surface area contributed by atoms with Gasteiger partial charge in [0.2, 0.25) is 0 Å². The summed E-state index contributed by atoms with van der Waals surface area (Å²) in [5.74, 6) is 0. The van der Waals surface area contributed by atoms with Crippen LogP contribution in [-0.4, -0.2) is 20.1 Å². The molecule has 4 heteroatoms. The lowest BCUT2D eigenvalue weighted by Crippen LogP contribution is -2.00. The van der Waals surface area contributed by atoms with Gasteiger partial charge in [-0.1, -0.05) is 58.8 Å². The molecule has 1 aromatic heterocycles. The lowest BCUT2D eigenvalue weighted by Gasteiger charge is -2.04. The van der Waals surface area contributed by atoms with Gasteiger partial charge in [-0.05, 0) is 37.6 Å². The van der Waals surface area contributed by atoms with Crippen molar-refractivity contribution in [3.63, 3.8) is 0 Å². The van der Waals surface area contributed by atoms with Gasteiger partial charge in [-0.3, -0.25) is 0 Å². The summed E-state index contributed by atoms with van der Waals surface area (Å²) >= 11 is 0. The normalized spacial score (nSPS) is 11.3. The molecule has 1 heterocycles. The third-order valence-electron chi connectivity index (χ3n) is 3.72. The molecule has 0 amide bonds. The van der Waals surface area contributed by atoms with E-state index in [1.165, 1.54) is 11.1 Å². The van der Waals surface area contributed by atoms with Gasteiger partial charge in [-0.15, -0.1) is 5.10 Å². The molecule has 2 aromatic carbocycles. The van der Waals surface area contributed by atoms with Crippen LogP contribution < -0.4 is 0 Å². The Morgan fingerprint density at radius 3 is 2.13 bits per heavy atom. The molecule has 0 unspecified atom stereocenters. The molecule has 116 valence electrons. The van der Waals surface area contributed by atoms with Crippen molar-refractivity contribution in [3.05, 3.63) is 76.6 Å². The first kappa shape index (κ1) is 15.2. The highest BCUT2D eigenvalue weighted by Gasteiger charge is 2.10. The van der Waals surface area contributed by atoms with Crippen LogP contribution in [0.3, 0.4) is 0 Å². The Labute approximate surface area is 135 Å². The van der Waals surface area contributed by atoms with E-state index in [1.54, 1.807) is 4.68 Å². The van der Waals surface area contributed by atoms with Crippen molar-refractivity contribution in [2.75, 3.05) is 0 Å². The lowest BCUT2D eigenvalue weighted by molar-refractivity contribution is 0.276. The summed E-state index contributed by atoms with van der Waals surface area (Å²) in [4.78, 5) is 0. The minimum absolute atomic E-state index is 0.139. The molecule has 0 aliphatic rings. The Morgan fingerprint density at radius 2 is 1.52 bits per heavy atom. The Balaban J connectivity index is 1.98. The van der Waals surface area contributed by atoms with Crippen LogP contribution >= 0.6 is 0 Å². The van der Waals surface area contributed by atoms with Crippen molar-refractivity contribution in [3.8, 4) is 5.69 Å². The van der Waals surface area contributed by atoms with Crippen LogP contribution in [0.1, 0.15) is 28.1 Å². The number of aliphatic hydroxyl groups excluding tert-OH is 1. The minimum Gasteiger partial charge on any atom is -0.390 e. The molecule has 4 nitrogen and oxygen atoms in total. The maximum atomic E-state index is 9.51. The van der Waals surface area contributed by atoms with Crippen LogP contribution in [0.15, 0.2) is 48.5 Å². The summed E-state index contributed by atoms with van der Waals surface area (Å²) < 4.78 is 1.75. The number of benzene rings is 2. The van der Waals surface area contributed by atoms with Crippen molar-refractivity contribution in [2.24, 2.45) is 0 Å². The summed E-state index contributed by atoms with van der Waals surface area (Å²) in [7, 11) is 0. The van der Waals surface area contributed by atoms with Crippen molar-refractivity contribution in [2.45, 2.75) is 20.5 Å². The number of aryl methyl sites for hydroxylation is 2. The second kappa shape index (κ2) is 6.58. The predicted molar refractivity (Wildman–Crippen MR) is 92.1 cm³/mol. The van der Waals surface area contributed by atoms with E-state index in [-0.39, 0.29) is 6.61 Å². The van der Waals surface area contributed by atoms with E-state index in [4.69, 9.17) is 0 Å². The Bertz CT molecular complexity index is 815. The molecule has 0 bridgehead atoms. The van der Waals surface area contributed by atoms with Crippen molar-refractivity contribution in [1.82, 2.24) is 15.0 Å². The van der Waals surface area contributed by atoms with Crippen molar-refractivity contribution >= 4 is 12.2 Å². The number of aromatic nitrogens is 3. The molecular weight excluding hydrogens is 286 g/mol. The summed E-state index contributed by atoms with van der Waals surface area (Å²) in [5, 5.41) is 17.7. The van der Waals surface area contributed by atoms with E-state index < -0.39 is 0 Å². The highest BCUT2D eigenvalue weighted by atomic mass is 16.3. The molecule has 3 aromatic rings. The van der Waals surface area contributed by atoms with E-state index in [2.05, 4.69) is 41.5 Å². The van der Waals surface area contributed by atoms with Crippen LogP contribution in [0.4, 0.5) is 0 Å². The molecule has 0 atom stereocenters. The van der Waals surface area contributed by atoms with Gasteiger partial charge in [0.05, 0.1) is 18.0 Å². The Kier molecular flexibility index (Phi) is 4.35. The number of hydrogen-bond donors (Lipinski definition) is 1. The number of nitrogens with zero attached hydrogens (tertiary/aromatic N) is 3. The molecule has 0 aliphatic heterocycles. The van der Waals surface area contributed by atoms with Gasteiger partial charge in [0.25, 0.3) is 0 Å². The van der Waals surface area contributed by atoms with E-state index in [0.29, 0.717) is 5.69 Å². The van der Waals surface area contributed by atoms with Crippen molar-refractivity contribution < 1.29 is 5.11 Å². The number of aliphatic hydroxyl groups is 1. The third kappa shape index (κ3) is 3.38. The van der Waals surface area contributed by atoms with Gasteiger partial charge in [0, 0.05) is 0 Å². The first-order valence-electron chi connectivity index (χ1n) is 7.54. The average molecular weight is 305 g/mol. The zero-order valence-corrected chi connectivity index (χ0v) is 13.3.